The van der Waals surface area contributed by atoms with E-state index >= 15 is 0 Å². The van der Waals surface area contributed by atoms with Gasteiger partial charge in [-0.25, -0.2) is 0 Å². The summed E-state index contributed by atoms with van der Waals surface area (Å²) < 4.78 is 0. The molecule has 0 heteroatoms. The molecule has 0 N–H and O–H groups in total. The molecule has 40 heavy (non-hydrogen) atoms. The standard InChI is InChI=1S/C40H42/c1-26(2)34-24-35-31(29-19-21-30(22-20-29)39(4,5)6)15-11-17-33(35)37(34)25-40(7)27(3)23-36-32(16-12-18-38(36)40)28-13-9-8-10-14-28/h8-24,26,37H,25H2,1-7H3. The summed E-state index contributed by atoms with van der Waals surface area (Å²) in [6.45, 7) is 16.4. The number of hydrogen-bond donors (Lipinski definition) is 0. The highest BCUT2D eigenvalue weighted by atomic mass is 14.4. The van der Waals surface area contributed by atoms with Gasteiger partial charge in [0.2, 0.25) is 0 Å². The van der Waals surface area contributed by atoms with Crippen LogP contribution in [-0.4, -0.2) is 0 Å². The maximum atomic E-state index is 2.52. The van der Waals surface area contributed by atoms with Gasteiger partial charge < -0.3 is 0 Å². The Kier molecular flexibility index (Phi) is 6.49. The lowest BCUT2D eigenvalue weighted by atomic mass is 9.69. The molecule has 0 saturated carbocycles. The number of allylic oxidation sites excluding steroid dienone is 2. The molecule has 0 amide bonds. The molecular formula is C40H42. The highest BCUT2D eigenvalue weighted by Crippen LogP contribution is 2.54. The van der Waals surface area contributed by atoms with Crippen LogP contribution in [0.4, 0.5) is 0 Å². The summed E-state index contributed by atoms with van der Waals surface area (Å²) in [5.74, 6) is 0.904. The Bertz CT molecular complexity index is 1620. The van der Waals surface area contributed by atoms with Gasteiger partial charge in [0.1, 0.15) is 0 Å². The SMILES string of the molecule is CC1=Cc2c(-c3ccccc3)cccc2C1(C)CC1C(C(C)C)=Cc2c(-c3ccc(C(C)(C)C)cc3)cccc21. The Morgan fingerprint density at radius 1 is 0.700 bits per heavy atom. The van der Waals surface area contributed by atoms with Crippen LogP contribution in [0.25, 0.3) is 34.4 Å². The average molecular weight is 523 g/mol. The molecule has 202 valence electrons. The van der Waals surface area contributed by atoms with Crippen LogP contribution in [0.3, 0.4) is 0 Å². The first-order valence-corrected chi connectivity index (χ1v) is 14.9. The van der Waals surface area contributed by atoms with Gasteiger partial charge in [0, 0.05) is 11.3 Å². The second-order valence-electron chi connectivity index (χ2n) is 13.5. The molecular weight excluding hydrogens is 480 g/mol. The summed E-state index contributed by atoms with van der Waals surface area (Å²) in [5, 5.41) is 0. The van der Waals surface area contributed by atoms with Crippen molar-refractivity contribution < 1.29 is 0 Å². The molecule has 2 aliphatic rings. The fourth-order valence-electron chi connectivity index (χ4n) is 7.03. The number of benzene rings is 4. The van der Waals surface area contributed by atoms with Gasteiger partial charge >= 0.3 is 0 Å². The molecule has 0 bridgehead atoms. The van der Waals surface area contributed by atoms with Gasteiger partial charge in [0.15, 0.2) is 0 Å². The first-order valence-electron chi connectivity index (χ1n) is 14.9. The molecule has 2 atom stereocenters. The van der Waals surface area contributed by atoms with Crippen LogP contribution in [0.15, 0.2) is 102 Å². The van der Waals surface area contributed by atoms with Crippen LogP contribution in [0.5, 0.6) is 0 Å². The molecule has 2 unspecified atom stereocenters. The average Bonchev–Trinajstić information content (AvgIpc) is 3.43. The Morgan fingerprint density at radius 2 is 1.32 bits per heavy atom. The minimum absolute atomic E-state index is 0.00918. The van der Waals surface area contributed by atoms with Crippen molar-refractivity contribution >= 4 is 12.2 Å². The third-order valence-corrected chi connectivity index (χ3v) is 9.59. The van der Waals surface area contributed by atoms with Crippen molar-refractivity contribution in [2.75, 3.05) is 0 Å². The van der Waals surface area contributed by atoms with Crippen molar-refractivity contribution in [3.63, 3.8) is 0 Å². The van der Waals surface area contributed by atoms with Gasteiger partial charge in [0.25, 0.3) is 0 Å². The fraction of sp³-hybridized carbons (Fsp3) is 0.300. The summed E-state index contributed by atoms with van der Waals surface area (Å²) >= 11 is 0. The van der Waals surface area contributed by atoms with E-state index in [0.717, 1.165) is 6.42 Å². The van der Waals surface area contributed by atoms with Crippen molar-refractivity contribution in [3.8, 4) is 22.3 Å². The van der Waals surface area contributed by atoms with Gasteiger partial charge in [-0.2, -0.15) is 0 Å². The minimum atomic E-state index is -0.00918. The van der Waals surface area contributed by atoms with Crippen molar-refractivity contribution in [2.24, 2.45) is 5.92 Å². The van der Waals surface area contributed by atoms with Crippen LogP contribution in [-0.2, 0) is 10.8 Å². The lowest BCUT2D eigenvalue weighted by Crippen LogP contribution is -2.25. The Labute approximate surface area is 241 Å². The zero-order valence-corrected chi connectivity index (χ0v) is 25.2. The molecule has 0 heterocycles. The summed E-state index contributed by atoms with van der Waals surface area (Å²) in [4.78, 5) is 0. The molecule has 4 aromatic rings. The minimum Gasteiger partial charge on any atom is -0.0623 e. The summed E-state index contributed by atoms with van der Waals surface area (Å²) in [6.07, 6.45) is 6.07. The van der Waals surface area contributed by atoms with Gasteiger partial charge in [-0.15, -0.1) is 0 Å². The lowest BCUT2D eigenvalue weighted by Gasteiger charge is -2.34. The van der Waals surface area contributed by atoms with E-state index in [1.165, 1.54) is 55.6 Å². The smallest absolute Gasteiger partial charge is 0.0149 e. The predicted molar refractivity (Wildman–Crippen MR) is 174 cm³/mol. The van der Waals surface area contributed by atoms with Gasteiger partial charge in [-0.1, -0.05) is 156 Å². The van der Waals surface area contributed by atoms with Gasteiger partial charge in [0.05, 0.1) is 0 Å². The van der Waals surface area contributed by atoms with E-state index in [9.17, 15) is 0 Å². The molecule has 6 rings (SSSR count). The Hall–Kier alpha value is -3.64. The second kappa shape index (κ2) is 9.77. The van der Waals surface area contributed by atoms with E-state index in [1.807, 2.05) is 0 Å². The van der Waals surface area contributed by atoms with Crippen LogP contribution in [0.1, 0.15) is 88.6 Å². The van der Waals surface area contributed by atoms with Crippen LogP contribution in [0, 0.1) is 5.92 Å². The van der Waals surface area contributed by atoms with E-state index in [1.54, 1.807) is 5.57 Å². The van der Waals surface area contributed by atoms with Crippen LogP contribution < -0.4 is 0 Å². The Balaban J connectivity index is 1.41. The van der Waals surface area contributed by atoms with Gasteiger partial charge in [-0.3, -0.25) is 0 Å². The topological polar surface area (TPSA) is 0 Å². The first kappa shape index (κ1) is 26.6. The van der Waals surface area contributed by atoms with Crippen molar-refractivity contribution in [2.45, 2.75) is 71.6 Å². The third-order valence-electron chi connectivity index (χ3n) is 9.59. The number of hydrogen-bond acceptors (Lipinski definition) is 0. The summed E-state index contributed by atoms with van der Waals surface area (Å²) in [7, 11) is 0. The monoisotopic (exact) mass is 522 g/mol. The normalized spacial score (nSPS) is 19.9. The molecule has 0 aromatic heterocycles. The highest BCUT2D eigenvalue weighted by molar-refractivity contribution is 5.84. The fourth-order valence-corrected chi connectivity index (χ4v) is 7.03. The molecule has 0 saturated heterocycles. The lowest BCUT2D eigenvalue weighted by molar-refractivity contribution is 0.468. The summed E-state index contributed by atoms with van der Waals surface area (Å²) in [6, 6.07) is 34.0. The molecule has 0 aliphatic heterocycles. The largest absolute Gasteiger partial charge is 0.0623 e. The van der Waals surface area contributed by atoms with Gasteiger partial charge in [-0.05, 0) is 74.7 Å². The molecule has 4 aromatic carbocycles. The van der Waals surface area contributed by atoms with E-state index in [2.05, 4.69) is 152 Å². The van der Waals surface area contributed by atoms with E-state index in [4.69, 9.17) is 0 Å². The molecule has 0 radical (unpaired) electrons. The highest BCUT2D eigenvalue weighted by Gasteiger charge is 2.41. The maximum Gasteiger partial charge on any atom is 0.0149 e. The first-order chi connectivity index (χ1) is 19.1. The predicted octanol–water partition coefficient (Wildman–Crippen LogP) is 11.2. The zero-order valence-electron chi connectivity index (χ0n) is 25.2. The third kappa shape index (κ3) is 4.39. The molecule has 0 nitrogen and oxygen atoms in total. The van der Waals surface area contributed by atoms with Crippen molar-refractivity contribution in [1.82, 2.24) is 0 Å². The molecule has 0 fully saturated rings. The quantitative estimate of drug-likeness (QED) is 0.244. The van der Waals surface area contributed by atoms with E-state index < -0.39 is 0 Å². The number of rotatable bonds is 5. The summed E-state index contributed by atoms with van der Waals surface area (Å²) in [5.41, 5.74) is 15.6. The second-order valence-corrected chi connectivity index (χ2v) is 13.5. The zero-order chi connectivity index (χ0) is 28.2. The molecule has 0 spiro atoms. The molecule has 2 aliphatic carbocycles. The number of fused-ring (bicyclic) bond motifs is 2. The van der Waals surface area contributed by atoms with Crippen molar-refractivity contribution in [1.29, 1.82) is 0 Å². The van der Waals surface area contributed by atoms with Crippen LogP contribution in [0.2, 0.25) is 0 Å². The Morgan fingerprint density at radius 3 is 1.98 bits per heavy atom. The van der Waals surface area contributed by atoms with Crippen molar-refractivity contribution in [3.05, 3.63) is 130 Å². The maximum absolute atomic E-state index is 2.52. The van der Waals surface area contributed by atoms with E-state index in [-0.39, 0.29) is 10.8 Å². The van der Waals surface area contributed by atoms with E-state index in [0.29, 0.717) is 11.8 Å². The van der Waals surface area contributed by atoms with Crippen LogP contribution >= 0.6 is 0 Å².